The summed E-state index contributed by atoms with van der Waals surface area (Å²) in [4.78, 5) is 12.6. The van der Waals surface area contributed by atoms with Gasteiger partial charge in [-0.1, -0.05) is 0 Å². The molecular formula is C18H24N4O4S. The molecule has 1 saturated heterocycles. The Hall–Kier alpha value is -2.39. The minimum Gasteiger partial charge on any atom is -0.497 e. The van der Waals surface area contributed by atoms with Gasteiger partial charge >= 0.3 is 0 Å². The molecule has 0 aliphatic carbocycles. The van der Waals surface area contributed by atoms with Crippen LogP contribution in [0.3, 0.4) is 0 Å². The zero-order valence-corrected chi connectivity index (χ0v) is 16.5. The number of ether oxygens (including phenoxy) is 1. The number of hydrogen-bond acceptors (Lipinski definition) is 5. The van der Waals surface area contributed by atoms with Crippen molar-refractivity contribution < 1.29 is 17.9 Å². The number of piperidine rings is 1. The van der Waals surface area contributed by atoms with Gasteiger partial charge in [-0.3, -0.25) is 9.89 Å². The zero-order valence-electron chi connectivity index (χ0n) is 15.7. The van der Waals surface area contributed by atoms with Crippen LogP contribution in [0.4, 0.5) is 0 Å². The van der Waals surface area contributed by atoms with E-state index in [0.717, 1.165) is 0 Å². The van der Waals surface area contributed by atoms with E-state index in [1.165, 1.54) is 4.31 Å². The number of carbonyl (C=O) groups excluding carboxylic acids is 1. The summed E-state index contributed by atoms with van der Waals surface area (Å²) >= 11 is 0. The predicted molar refractivity (Wildman–Crippen MR) is 100 cm³/mol. The minimum absolute atomic E-state index is 0.0578. The molecule has 9 heteroatoms. The van der Waals surface area contributed by atoms with E-state index >= 15 is 0 Å². The summed E-state index contributed by atoms with van der Waals surface area (Å²) in [6, 6.07) is 6.83. The van der Waals surface area contributed by atoms with Crippen LogP contribution in [-0.2, 0) is 10.0 Å². The molecule has 1 aromatic heterocycles. The van der Waals surface area contributed by atoms with Gasteiger partial charge < -0.3 is 10.1 Å². The van der Waals surface area contributed by atoms with Crippen molar-refractivity contribution in [2.24, 2.45) is 0 Å². The second kappa shape index (κ2) is 7.69. The van der Waals surface area contributed by atoms with Gasteiger partial charge in [0.05, 0.1) is 18.5 Å². The number of aryl methyl sites for hydroxylation is 2. The van der Waals surface area contributed by atoms with Gasteiger partial charge in [0.15, 0.2) is 0 Å². The normalized spacial score (nSPS) is 16.3. The molecule has 2 N–H and O–H groups in total. The Labute approximate surface area is 159 Å². The highest BCUT2D eigenvalue weighted by Gasteiger charge is 2.33. The van der Waals surface area contributed by atoms with Crippen molar-refractivity contribution in [3.05, 3.63) is 41.2 Å². The highest BCUT2D eigenvalue weighted by molar-refractivity contribution is 7.89. The molecule has 0 atom stereocenters. The van der Waals surface area contributed by atoms with Crippen LogP contribution < -0.4 is 10.1 Å². The molecule has 0 saturated carbocycles. The second-order valence-electron chi connectivity index (χ2n) is 6.64. The van der Waals surface area contributed by atoms with Crippen LogP contribution in [-0.4, -0.2) is 55.1 Å². The number of nitrogens with zero attached hydrogens (tertiary/aromatic N) is 2. The average Bonchev–Trinajstić information content (AvgIpc) is 3.01. The van der Waals surface area contributed by atoms with Crippen molar-refractivity contribution in [3.63, 3.8) is 0 Å². The van der Waals surface area contributed by atoms with E-state index in [1.54, 1.807) is 45.2 Å². The van der Waals surface area contributed by atoms with Gasteiger partial charge in [0.1, 0.15) is 10.6 Å². The van der Waals surface area contributed by atoms with Gasteiger partial charge in [0, 0.05) is 24.7 Å². The lowest BCUT2D eigenvalue weighted by Gasteiger charge is -2.31. The first kappa shape index (κ1) is 19.4. The molecule has 0 spiro atoms. The van der Waals surface area contributed by atoms with Crippen molar-refractivity contribution in [2.75, 3.05) is 20.2 Å². The van der Waals surface area contributed by atoms with Crippen LogP contribution in [0, 0.1) is 13.8 Å². The average molecular weight is 392 g/mol. The van der Waals surface area contributed by atoms with Crippen molar-refractivity contribution in [1.29, 1.82) is 0 Å². The summed E-state index contributed by atoms with van der Waals surface area (Å²) < 4.78 is 32.3. The largest absolute Gasteiger partial charge is 0.497 e. The standard InChI is InChI=1S/C18H24N4O4S/c1-12-17(13(2)21-20-12)27(24,25)22-10-8-15(9-11-22)19-18(23)14-4-6-16(26-3)7-5-14/h4-7,15H,8-11H2,1-3H3,(H,19,23)(H,20,21). The number of benzene rings is 1. The number of amides is 1. The maximum atomic E-state index is 12.9. The Morgan fingerprint density at radius 2 is 1.85 bits per heavy atom. The molecule has 2 heterocycles. The minimum atomic E-state index is -3.58. The lowest BCUT2D eigenvalue weighted by Crippen LogP contribution is -2.46. The van der Waals surface area contributed by atoms with Gasteiger partial charge in [-0.25, -0.2) is 8.42 Å². The van der Waals surface area contributed by atoms with Crippen molar-refractivity contribution in [1.82, 2.24) is 19.8 Å². The molecule has 1 fully saturated rings. The summed E-state index contributed by atoms with van der Waals surface area (Å²) in [5.41, 5.74) is 1.57. The lowest BCUT2D eigenvalue weighted by molar-refractivity contribution is 0.0924. The third-order valence-electron chi connectivity index (χ3n) is 4.80. The van der Waals surface area contributed by atoms with Crippen molar-refractivity contribution >= 4 is 15.9 Å². The van der Waals surface area contributed by atoms with E-state index in [4.69, 9.17) is 4.74 Å². The number of carbonyl (C=O) groups is 1. The summed E-state index contributed by atoms with van der Waals surface area (Å²) in [6.45, 7) is 4.10. The van der Waals surface area contributed by atoms with E-state index in [9.17, 15) is 13.2 Å². The lowest BCUT2D eigenvalue weighted by atomic mass is 10.1. The molecule has 1 aliphatic heterocycles. The maximum absolute atomic E-state index is 12.9. The van der Waals surface area contributed by atoms with E-state index in [1.807, 2.05) is 0 Å². The Bertz CT molecular complexity index is 894. The summed E-state index contributed by atoms with van der Waals surface area (Å²) in [5.74, 6) is 0.524. The maximum Gasteiger partial charge on any atom is 0.251 e. The van der Waals surface area contributed by atoms with Crippen molar-refractivity contribution in [3.8, 4) is 5.75 Å². The Morgan fingerprint density at radius 3 is 2.37 bits per heavy atom. The number of hydrogen-bond donors (Lipinski definition) is 2. The number of methoxy groups -OCH3 is 1. The van der Waals surface area contributed by atoms with Gasteiger partial charge in [-0.05, 0) is 51.0 Å². The van der Waals surface area contributed by atoms with E-state index in [0.29, 0.717) is 48.6 Å². The number of nitrogens with one attached hydrogen (secondary N) is 2. The number of aromatic amines is 1. The first-order valence-electron chi connectivity index (χ1n) is 8.79. The molecule has 2 aromatic rings. The molecule has 146 valence electrons. The van der Waals surface area contributed by atoms with Crippen LogP contribution in [0.15, 0.2) is 29.2 Å². The Kier molecular flexibility index (Phi) is 5.52. The molecule has 1 aliphatic rings. The third-order valence-corrected chi connectivity index (χ3v) is 6.96. The number of aromatic nitrogens is 2. The second-order valence-corrected chi connectivity index (χ2v) is 8.52. The highest BCUT2D eigenvalue weighted by Crippen LogP contribution is 2.25. The first-order chi connectivity index (χ1) is 12.8. The molecule has 1 amide bonds. The molecule has 0 bridgehead atoms. The molecule has 3 rings (SSSR count). The smallest absolute Gasteiger partial charge is 0.251 e. The monoisotopic (exact) mass is 392 g/mol. The fraction of sp³-hybridized carbons (Fsp3) is 0.444. The van der Waals surface area contributed by atoms with Gasteiger partial charge in [-0.2, -0.15) is 9.40 Å². The summed E-state index contributed by atoms with van der Waals surface area (Å²) in [5, 5.41) is 9.68. The van der Waals surface area contributed by atoms with Crippen molar-refractivity contribution in [2.45, 2.75) is 37.6 Å². The van der Waals surface area contributed by atoms with Crippen LogP contribution in [0.25, 0.3) is 0 Å². The van der Waals surface area contributed by atoms with Gasteiger partial charge in [0.2, 0.25) is 10.0 Å². The molecule has 1 aromatic carbocycles. The van der Waals surface area contributed by atoms with E-state index in [-0.39, 0.29) is 16.8 Å². The number of sulfonamides is 1. The first-order valence-corrected chi connectivity index (χ1v) is 10.2. The SMILES string of the molecule is COc1ccc(C(=O)NC2CCN(S(=O)(=O)c3c(C)n[nH]c3C)CC2)cc1. The van der Waals surface area contributed by atoms with Crippen LogP contribution >= 0.6 is 0 Å². The quantitative estimate of drug-likeness (QED) is 0.805. The van der Waals surface area contributed by atoms with Crippen LogP contribution in [0.2, 0.25) is 0 Å². The highest BCUT2D eigenvalue weighted by atomic mass is 32.2. The summed E-state index contributed by atoms with van der Waals surface area (Å²) in [7, 11) is -2.01. The fourth-order valence-corrected chi connectivity index (χ4v) is 5.10. The van der Waals surface area contributed by atoms with Gasteiger partial charge in [0.25, 0.3) is 5.91 Å². The van der Waals surface area contributed by atoms with E-state index < -0.39 is 10.0 Å². The Balaban J connectivity index is 1.61. The Morgan fingerprint density at radius 1 is 1.22 bits per heavy atom. The topological polar surface area (TPSA) is 104 Å². The molecule has 27 heavy (non-hydrogen) atoms. The van der Waals surface area contributed by atoms with E-state index in [2.05, 4.69) is 15.5 Å². The van der Waals surface area contributed by atoms with Gasteiger partial charge in [-0.15, -0.1) is 0 Å². The number of rotatable bonds is 5. The zero-order chi connectivity index (χ0) is 19.6. The summed E-state index contributed by atoms with van der Waals surface area (Å²) in [6.07, 6.45) is 1.13. The third kappa shape index (κ3) is 3.98. The van der Waals surface area contributed by atoms with Crippen LogP contribution in [0.5, 0.6) is 5.75 Å². The molecular weight excluding hydrogens is 368 g/mol. The fourth-order valence-electron chi connectivity index (χ4n) is 3.30. The van der Waals surface area contributed by atoms with Crippen LogP contribution in [0.1, 0.15) is 34.6 Å². The predicted octanol–water partition coefficient (Wildman–Crippen LogP) is 1.62. The molecule has 0 radical (unpaired) electrons. The molecule has 0 unspecified atom stereocenters. The molecule has 8 nitrogen and oxygen atoms in total. The number of H-pyrrole nitrogens is 1.